The van der Waals surface area contributed by atoms with Gasteiger partial charge in [-0.2, -0.15) is 0 Å². The van der Waals surface area contributed by atoms with Gasteiger partial charge in [0.15, 0.2) is 0 Å². The first-order chi connectivity index (χ1) is 2.30. The standard InChI is InChI=1S/C3H5ClS/c1-2-3(4)5-2/h2-3H,1H3. The lowest BCUT2D eigenvalue weighted by molar-refractivity contribution is 1.20. The van der Waals surface area contributed by atoms with E-state index in [1.54, 1.807) is 0 Å². The van der Waals surface area contributed by atoms with Crippen LogP contribution >= 0.6 is 23.4 Å². The topological polar surface area (TPSA) is 0 Å². The van der Waals surface area contributed by atoms with Crippen LogP contribution in [-0.2, 0) is 0 Å². The average Bonchev–Trinajstić information content (AvgIpc) is 1.79. The minimum atomic E-state index is 0.440. The maximum atomic E-state index is 5.50. The van der Waals surface area contributed by atoms with Crippen molar-refractivity contribution in [2.75, 3.05) is 0 Å². The van der Waals surface area contributed by atoms with Crippen molar-refractivity contribution in [2.24, 2.45) is 0 Å². The van der Waals surface area contributed by atoms with Crippen LogP contribution in [0.25, 0.3) is 0 Å². The molecule has 5 heavy (non-hydrogen) atoms. The molecule has 1 fully saturated rings. The highest BCUT2D eigenvalue weighted by Crippen LogP contribution is 2.43. The van der Waals surface area contributed by atoms with Crippen molar-refractivity contribution in [1.82, 2.24) is 0 Å². The zero-order valence-corrected chi connectivity index (χ0v) is 4.51. The van der Waals surface area contributed by atoms with Crippen LogP contribution in [0.3, 0.4) is 0 Å². The summed E-state index contributed by atoms with van der Waals surface area (Å²) < 4.78 is 0.440. The molecule has 0 spiro atoms. The van der Waals surface area contributed by atoms with E-state index in [9.17, 15) is 0 Å². The highest BCUT2D eigenvalue weighted by molar-refractivity contribution is 8.09. The van der Waals surface area contributed by atoms with Crippen LogP contribution in [0, 0.1) is 0 Å². The lowest BCUT2D eigenvalue weighted by Gasteiger charge is -1.60. The molecule has 2 unspecified atom stereocenters. The Bertz CT molecular complexity index is 40.2. The Balaban J connectivity index is 2.20. The van der Waals surface area contributed by atoms with Gasteiger partial charge in [-0.15, -0.1) is 23.4 Å². The predicted octanol–water partition coefficient (Wildman–Crippen LogP) is 1.69. The highest BCUT2D eigenvalue weighted by Gasteiger charge is 2.30. The van der Waals surface area contributed by atoms with Gasteiger partial charge >= 0.3 is 0 Å². The fraction of sp³-hybridized carbons (Fsp3) is 1.00. The van der Waals surface area contributed by atoms with Crippen molar-refractivity contribution >= 4 is 23.4 Å². The van der Waals surface area contributed by atoms with Crippen LogP contribution in [-0.4, -0.2) is 9.96 Å². The Labute approximate surface area is 40.9 Å². The number of rotatable bonds is 0. The molecule has 0 aromatic heterocycles. The summed E-state index contributed by atoms with van der Waals surface area (Å²) in [5.41, 5.74) is 0. The highest BCUT2D eigenvalue weighted by atomic mass is 35.5. The van der Waals surface area contributed by atoms with Gasteiger partial charge in [-0.05, 0) is 0 Å². The van der Waals surface area contributed by atoms with E-state index in [0.717, 1.165) is 5.25 Å². The second-order valence-electron chi connectivity index (χ2n) is 1.19. The lowest BCUT2D eigenvalue weighted by atomic mass is 10.6. The molecular formula is C3H5ClS. The summed E-state index contributed by atoms with van der Waals surface area (Å²) >= 11 is 7.31. The number of hydrogen-bond donors (Lipinski definition) is 0. The van der Waals surface area contributed by atoms with E-state index < -0.39 is 0 Å². The second kappa shape index (κ2) is 1.05. The summed E-state index contributed by atoms with van der Waals surface area (Å²) in [5.74, 6) is 0. The third-order valence-corrected chi connectivity index (χ3v) is 2.53. The van der Waals surface area contributed by atoms with E-state index >= 15 is 0 Å². The van der Waals surface area contributed by atoms with Crippen LogP contribution in [0.2, 0.25) is 0 Å². The molecule has 0 aromatic carbocycles. The van der Waals surface area contributed by atoms with Gasteiger partial charge in [-0.25, -0.2) is 0 Å². The average molecular weight is 109 g/mol. The summed E-state index contributed by atoms with van der Waals surface area (Å²) in [6.07, 6.45) is 0. The van der Waals surface area contributed by atoms with Crippen molar-refractivity contribution < 1.29 is 0 Å². The normalized spacial score (nSPS) is 49.2. The minimum absolute atomic E-state index is 0.440. The van der Waals surface area contributed by atoms with Crippen LogP contribution in [0.15, 0.2) is 0 Å². The quantitative estimate of drug-likeness (QED) is 0.336. The summed E-state index contributed by atoms with van der Waals surface area (Å²) in [7, 11) is 0. The fourth-order valence-electron chi connectivity index (χ4n) is 0.160. The Morgan fingerprint density at radius 3 is 2.00 bits per heavy atom. The van der Waals surface area contributed by atoms with Gasteiger partial charge in [-0.3, -0.25) is 0 Å². The number of thioether (sulfide) groups is 1. The summed E-state index contributed by atoms with van der Waals surface area (Å²) in [4.78, 5) is 0. The smallest absolute Gasteiger partial charge is 0.0908 e. The molecule has 0 saturated carbocycles. The monoisotopic (exact) mass is 108 g/mol. The molecule has 0 N–H and O–H groups in total. The molecular weight excluding hydrogens is 104 g/mol. The van der Waals surface area contributed by atoms with Crippen molar-refractivity contribution in [1.29, 1.82) is 0 Å². The number of alkyl halides is 1. The summed E-state index contributed by atoms with van der Waals surface area (Å²) in [6.45, 7) is 2.13. The molecule has 1 aliphatic rings. The molecule has 0 radical (unpaired) electrons. The first-order valence-electron chi connectivity index (χ1n) is 1.60. The first-order valence-corrected chi connectivity index (χ1v) is 2.98. The van der Waals surface area contributed by atoms with Gasteiger partial charge in [0.25, 0.3) is 0 Å². The third kappa shape index (κ3) is 0.733. The lowest BCUT2D eigenvalue weighted by Crippen LogP contribution is -1.69. The molecule has 1 saturated heterocycles. The minimum Gasteiger partial charge on any atom is -0.136 e. The fourth-order valence-corrected chi connectivity index (χ4v) is 0.966. The van der Waals surface area contributed by atoms with Crippen LogP contribution in [0.4, 0.5) is 0 Å². The van der Waals surface area contributed by atoms with Gasteiger partial charge in [0, 0.05) is 5.25 Å². The zero-order valence-electron chi connectivity index (χ0n) is 2.94. The Morgan fingerprint density at radius 2 is 2.00 bits per heavy atom. The van der Waals surface area contributed by atoms with E-state index in [1.165, 1.54) is 0 Å². The van der Waals surface area contributed by atoms with Gasteiger partial charge in [0.05, 0.1) is 4.71 Å². The molecule has 0 aromatic rings. The predicted molar refractivity (Wildman–Crippen MR) is 26.7 cm³/mol. The van der Waals surface area contributed by atoms with Crippen LogP contribution in [0.1, 0.15) is 6.92 Å². The molecule has 0 bridgehead atoms. The van der Waals surface area contributed by atoms with Crippen molar-refractivity contribution in [2.45, 2.75) is 16.9 Å². The molecule has 0 nitrogen and oxygen atoms in total. The molecule has 1 heterocycles. The van der Waals surface area contributed by atoms with Gasteiger partial charge in [0.2, 0.25) is 0 Å². The Hall–Kier alpha value is 0.640. The van der Waals surface area contributed by atoms with E-state index in [0.29, 0.717) is 4.71 Å². The summed E-state index contributed by atoms with van der Waals surface area (Å²) in [5, 5.41) is 0.733. The molecule has 2 heteroatoms. The van der Waals surface area contributed by atoms with Crippen molar-refractivity contribution in [3.8, 4) is 0 Å². The zero-order chi connectivity index (χ0) is 3.86. The molecule has 1 aliphatic heterocycles. The van der Waals surface area contributed by atoms with Crippen LogP contribution in [0.5, 0.6) is 0 Å². The first kappa shape index (κ1) is 3.82. The Kier molecular flexibility index (Phi) is 0.804. The summed E-state index contributed by atoms with van der Waals surface area (Å²) in [6, 6.07) is 0. The van der Waals surface area contributed by atoms with Gasteiger partial charge in [-0.1, -0.05) is 6.92 Å². The molecule has 0 amide bonds. The number of hydrogen-bond acceptors (Lipinski definition) is 1. The molecule has 30 valence electrons. The maximum Gasteiger partial charge on any atom is 0.0908 e. The van der Waals surface area contributed by atoms with Gasteiger partial charge < -0.3 is 0 Å². The largest absolute Gasteiger partial charge is 0.136 e. The third-order valence-electron chi connectivity index (χ3n) is 0.637. The molecule has 2 atom stereocenters. The van der Waals surface area contributed by atoms with E-state index in [2.05, 4.69) is 6.92 Å². The second-order valence-corrected chi connectivity index (χ2v) is 3.44. The van der Waals surface area contributed by atoms with Crippen molar-refractivity contribution in [3.63, 3.8) is 0 Å². The molecule has 0 aliphatic carbocycles. The molecule has 1 rings (SSSR count). The Morgan fingerprint density at radius 1 is 1.80 bits per heavy atom. The van der Waals surface area contributed by atoms with E-state index in [1.807, 2.05) is 11.8 Å². The maximum absolute atomic E-state index is 5.50. The van der Waals surface area contributed by atoms with E-state index in [-0.39, 0.29) is 0 Å². The van der Waals surface area contributed by atoms with E-state index in [4.69, 9.17) is 11.6 Å². The van der Waals surface area contributed by atoms with Gasteiger partial charge in [0.1, 0.15) is 0 Å². The van der Waals surface area contributed by atoms with Crippen molar-refractivity contribution in [3.05, 3.63) is 0 Å². The van der Waals surface area contributed by atoms with Crippen LogP contribution < -0.4 is 0 Å². The SMILES string of the molecule is CC1SC1Cl. The number of halogens is 1.